The van der Waals surface area contributed by atoms with Gasteiger partial charge in [0, 0.05) is 19.6 Å². The first-order valence-corrected chi connectivity index (χ1v) is 10.5. The van der Waals surface area contributed by atoms with Crippen LogP contribution in [0.2, 0.25) is 0 Å². The molecule has 2 heterocycles. The summed E-state index contributed by atoms with van der Waals surface area (Å²) in [4.78, 5) is 17.6. The van der Waals surface area contributed by atoms with Gasteiger partial charge in [0.15, 0.2) is 0 Å². The number of carbonyl (C=O) groups excluding carboxylic acids is 1. The molecular weight excluding hydrogens is 387 g/mol. The van der Waals surface area contributed by atoms with Crippen molar-refractivity contribution in [2.24, 2.45) is 5.92 Å². The van der Waals surface area contributed by atoms with Crippen LogP contribution in [0.15, 0.2) is 54.6 Å². The van der Waals surface area contributed by atoms with Gasteiger partial charge in [0.25, 0.3) is 0 Å². The normalized spacial score (nSPS) is 20.4. The van der Waals surface area contributed by atoms with Gasteiger partial charge in [0.2, 0.25) is 5.91 Å². The average molecular weight is 417 g/mol. The monoisotopic (exact) mass is 416 g/mol. The molecule has 2 aliphatic heterocycles. The van der Waals surface area contributed by atoms with Crippen LogP contribution < -0.4 is 0 Å². The van der Waals surface area contributed by atoms with Crippen molar-refractivity contribution in [1.82, 2.24) is 9.80 Å². The smallest absolute Gasteiger partial charge is 0.239 e. The highest BCUT2D eigenvalue weighted by molar-refractivity contribution is 5.85. The second-order valence-electron chi connectivity index (χ2n) is 8.21. The molecule has 1 unspecified atom stereocenters. The number of hydrogen-bond acceptors (Lipinski definition) is 2. The van der Waals surface area contributed by atoms with E-state index in [0.29, 0.717) is 11.8 Å². The summed E-state index contributed by atoms with van der Waals surface area (Å²) in [6.07, 6.45) is 5.13. The Bertz CT molecular complexity index is 775. The fourth-order valence-corrected chi connectivity index (χ4v) is 4.64. The molecule has 0 N–H and O–H groups in total. The zero-order chi connectivity index (χ0) is 19.3. The molecule has 4 rings (SSSR count). The van der Waals surface area contributed by atoms with Crippen molar-refractivity contribution in [1.29, 1.82) is 0 Å². The Kier molecular flexibility index (Phi) is 7.68. The predicted molar refractivity (Wildman–Crippen MR) is 117 cm³/mol. The van der Waals surface area contributed by atoms with E-state index in [9.17, 15) is 9.18 Å². The molecule has 2 saturated heterocycles. The molecule has 29 heavy (non-hydrogen) atoms. The molecule has 2 aliphatic rings. The van der Waals surface area contributed by atoms with Crippen LogP contribution in [0.5, 0.6) is 0 Å². The molecule has 2 fully saturated rings. The Balaban J connectivity index is 0.00000240. The number of halogens is 2. The summed E-state index contributed by atoms with van der Waals surface area (Å²) in [6, 6.07) is 17.3. The summed E-state index contributed by atoms with van der Waals surface area (Å²) < 4.78 is 13.1. The topological polar surface area (TPSA) is 23.6 Å². The third-order valence-electron chi connectivity index (χ3n) is 6.24. The summed E-state index contributed by atoms with van der Waals surface area (Å²) >= 11 is 0. The summed E-state index contributed by atoms with van der Waals surface area (Å²) in [5.74, 6) is 0.716. The molecule has 0 spiro atoms. The number of rotatable bonds is 5. The zero-order valence-corrected chi connectivity index (χ0v) is 17.6. The van der Waals surface area contributed by atoms with Crippen LogP contribution in [0.4, 0.5) is 4.39 Å². The van der Waals surface area contributed by atoms with E-state index in [1.165, 1.54) is 23.3 Å². The summed E-state index contributed by atoms with van der Waals surface area (Å²) in [5.41, 5.74) is 2.47. The van der Waals surface area contributed by atoms with E-state index in [0.717, 1.165) is 58.3 Å². The highest BCUT2D eigenvalue weighted by Crippen LogP contribution is 2.26. The summed E-state index contributed by atoms with van der Waals surface area (Å²) in [5, 5.41) is 0. The Hall–Kier alpha value is -1.91. The molecule has 2 aromatic rings. The Morgan fingerprint density at radius 1 is 0.897 bits per heavy atom. The minimum atomic E-state index is -0.180. The number of piperidine rings is 1. The second kappa shape index (κ2) is 10.2. The predicted octanol–water partition coefficient (Wildman–Crippen LogP) is 4.69. The number of nitrogens with zero attached hydrogens (tertiary/aromatic N) is 2. The van der Waals surface area contributed by atoms with Gasteiger partial charge >= 0.3 is 0 Å². The molecule has 2 aromatic carbocycles. The molecular formula is C24H30ClFN2O. The fraction of sp³-hybridized carbons (Fsp3) is 0.458. The van der Waals surface area contributed by atoms with Gasteiger partial charge in [-0.1, -0.05) is 42.5 Å². The molecule has 0 saturated carbocycles. The van der Waals surface area contributed by atoms with E-state index in [-0.39, 0.29) is 24.3 Å². The number of benzene rings is 2. The van der Waals surface area contributed by atoms with Gasteiger partial charge in [0.05, 0.1) is 6.04 Å². The number of amides is 1. The maximum Gasteiger partial charge on any atom is 0.239 e. The maximum absolute atomic E-state index is 13.1. The van der Waals surface area contributed by atoms with Crippen LogP contribution >= 0.6 is 12.4 Å². The Morgan fingerprint density at radius 3 is 2.28 bits per heavy atom. The van der Waals surface area contributed by atoms with Crippen molar-refractivity contribution in [3.05, 3.63) is 71.5 Å². The van der Waals surface area contributed by atoms with E-state index in [4.69, 9.17) is 0 Å². The zero-order valence-electron chi connectivity index (χ0n) is 16.8. The number of carbonyl (C=O) groups is 1. The van der Waals surface area contributed by atoms with Crippen LogP contribution in [0.1, 0.15) is 36.8 Å². The summed E-state index contributed by atoms with van der Waals surface area (Å²) in [6.45, 7) is 3.56. The fourth-order valence-electron chi connectivity index (χ4n) is 4.64. The largest absolute Gasteiger partial charge is 0.341 e. The highest BCUT2D eigenvalue weighted by atomic mass is 35.5. The summed E-state index contributed by atoms with van der Waals surface area (Å²) in [7, 11) is 0. The lowest BCUT2D eigenvalue weighted by molar-refractivity contribution is -0.137. The lowest BCUT2D eigenvalue weighted by Crippen LogP contribution is -2.48. The highest BCUT2D eigenvalue weighted by Gasteiger charge is 2.35. The molecule has 0 bridgehead atoms. The van der Waals surface area contributed by atoms with Gasteiger partial charge in [-0.3, -0.25) is 9.69 Å². The van der Waals surface area contributed by atoms with Gasteiger partial charge < -0.3 is 4.90 Å². The van der Waals surface area contributed by atoms with E-state index in [2.05, 4.69) is 34.1 Å². The van der Waals surface area contributed by atoms with Crippen LogP contribution in [0, 0.1) is 11.7 Å². The number of likely N-dealkylation sites (tertiary alicyclic amines) is 2. The van der Waals surface area contributed by atoms with Crippen LogP contribution in [0.25, 0.3) is 0 Å². The van der Waals surface area contributed by atoms with Gasteiger partial charge in [-0.15, -0.1) is 12.4 Å². The minimum absolute atomic E-state index is 0. The standard InChI is InChI=1S/C24H29FN2O.ClH/c25-22-10-8-19(9-11-22)17-20-12-15-26(16-13-20)24(28)23-7-4-14-27(23)18-21-5-2-1-3-6-21;/h1-3,5-6,8-11,20,23H,4,7,12-18H2;1H. The average Bonchev–Trinajstić information content (AvgIpc) is 3.18. The Labute approximate surface area is 179 Å². The first-order chi connectivity index (χ1) is 13.7. The maximum atomic E-state index is 13.1. The molecule has 5 heteroatoms. The van der Waals surface area contributed by atoms with Gasteiger partial charge in [-0.2, -0.15) is 0 Å². The second-order valence-corrected chi connectivity index (χ2v) is 8.21. The van der Waals surface area contributed by atoms with Crippen molar-refractivity contribution < 1.29 is 9.18 Å². The molecule has 0 aromatic heterocycles. The van der Waals surface area contributed by atoms with Crippen LogP contribution in [-0.2, 0) is 17.8 Å². The molecule has 3 nitrogen and oxygen atoms in total. The van der Waals surface area contributed by atoms with E-state index in [1.807, 2.05) is 18.2 Å². The Morgan fingerprint density at radius 2 is 1.59 bits per heavy atom. The third-order valence-corrected chi connectivity index (χ3v) is 6.24. The quantitative estimate of drug-likeness (QED) is 0.705. The van der Waals surface area contributed by atoms with Gasteiger partial charge in [-0.05, 0) is 67.8 Å². The van der Waals surface area contributed by atoms with Crippen LogP contribution in [0.3, 0.4) is 0 Å². The lowest BCUT2D eigenvalue weighted by atomic mass is 9.90. The molecule has 0 radical (unpaired) electrons. The van der Waals surface area contributed by atoms with Gasteiger partial charge in [0.1, 0.15) is 5.82 Å². The lowest BCUT2D eigenvalue weighted by Gasteiger charge is -2.35. The molecule has 0 aliphatic carbocycles. The molecule has 1 atom stereocenters. The first kappa shape index (κ1) is 21.8. The van der Waals surface area contributed by atoms with Crippen molar-refractivity contribution in [3.8, 4) is 0 Å². The number of hydrogen-bond donors (Lipinski definition) is 0. The van der Waals surface area contributed by atoms with Crippen molar-refractivity contribution in [3.63, 3.8) is 0 Å². The first-order valence-electron chi connectivity index (χ1n) is 10.5. The SMILES string of the molecule is Cl.O=C(C1CCCN1Cc1ccccc1)N1CCC(Cc2ccc(F)cc2)CC1. The van der Waals surface area contributed by atoms with Crippen molar-refractivity contribution in [2.45, 2.75) is 44.7 Å². The van der Waals surface area contributed by atoms with Gasteiger partial charge in [-0.25, -0.2) is 4.39 Å². The van der Waals surface area contributed by atoms with E-state index in [1.54, 1.807) is 0 Å². The van der Waals surface area contributed by atoms with Crippen molar-refractivity contribution >= 4 is 18.3 Å². The molecule has 156 valence electrons. The molecule has 1 amide bonds. The van der Waals surface area contributed by atoms with Crippen molar-refractivity contribution in [2.75, 3.05) is 19.6 Å². The third kappa shape index (κ3) is 5.58. The minimum Gasteiger partial charge on any atom is -0.341 e. The van der Waals surface area contributed by atoms with E-state index < -0.39 is 0 Å². The van der Waals surface area contributed by atoms with Crippen LogP contribution in [-0.4, -0.2) is 41.4 Å². The van der Waals surface area contributed by atoms with E-state index >= 15 is 0 Å².